The van der Waals surface area contributed by atoms with Crippen LogP contribution in [-0.4, -0.2) is 18.2 Å². The van der Waals surface area contributed by atoms with Gasteiger partial charge in [0.25, 0.3) is 0 Å². The second-order valence-corrected chi connectivity index (χ2v) is 5.38. The molecular formula is C16H23NO2. The normalized spacial score (nSPS) is 11.6. The number of benzene rings is 1. The molecule has 0 heterocycles. The highest BCUT2D eigenvalue weighted by atomic mass is 16.6. The Morgan fingerprint density at radius 1 is 1.26 bits per heavy atom. The highest BCUT2D eigenvalue weighted by Gasteiger charge is 2.14. The maximum absolute atomic E-state index is 11.4. The Kier molecular flexibility index (Phi) is 5.61. The van der Waals surface area contributed by atoms with Crippen molar-refractivity contribution in [2.45, 2.75) is 39.7 Å². The quantitative estimate of drug-likeness (QED) is 0.895. The van der Waals surface area contributed by atoms with Gasteiger partial charge in [0.15, 0.2) is 0 Å². The molecule has 0 unspecified atom stereocenters. The smallest absolute Gasteiger partial charge is 0.407 e. The number of rotatable bonds is 4. The number of hydrogen-bond acceptors (Lipinski definition) is 2. The molecule has 0 spiro atoms. The van der Waals surface area contributed by atoms with Gasteiger partial charge in [-0.3, -0.25) is 0 Å². The van der Waals surface area contributed by atoms with Gasteiger partial charge in [-0.25, -0.2) is 4.79 Å². The van der Waals surface area contributed by atoms with E-state index in [9.17, 15) is 4.79 Å². The summed E-state index contributed by atoms with van der Waals surface area (Å²) in [5.41, 5.74) is 2.00. The molecule has 1 N–H and O–H groups in total. The lowest BCUT2D eigenvalue weighted by Gasteiger charge is -2.19. The van der Waals surface area contributed by atoms with Gasteiger partial charge in [0, 0.05) is 6.54 Å². The van der Waals surface area contributed by atoms with E-state index in [-0.39, 0.29) is 0 Å². The summed E-state index contributed by atoms with van der Waals surface area (Å²) < 4.78 is 5.14. The van der Waals surface area contributed by atoms with E-state index >= 15 is 0 Å². The number of aryl methyl sites for hydroxylation is 1. The van der Waals surface area contributed by atoms with E-state index in [0.29, 0.717) is 6.54 Å². The second kappa shape index (κ2) is 6.98. The molecule has 0 aromatic heterocycles. The molecule has 3 nitrogen and oxygen atoms in total. The van der Waals surface area contributed by atoms with Crippen LogP contribution in [0.2, 0.25) is 0 Å². The molecule has 1 amide bonds. The SMILES string of the molecule is CCc1ccc(C=CCNC(=O)OC(C)(C)C)cc1. The molecule has 0 aliphatic rings. The van der Waals surface area contributed by atoms with E-state index in [1.807, 2.05) is 32.9 Å². The van der Waals surface area contributed by atoms with Crippen LogP contribution in [-0.2, 0) is 11.2 Å². The Hall–Kier alpha value is -1.77. The molecule has 0 fully saturated rings. The first-order valence-electron chi connectivity index (χ1n) is 6.63. The Balaban J connectivity index is 2.35. The Labute approximate surface area is 115 Å². The van der Waals surface area contributed by atoms with Crippen LogP contribution in [0.4, 0.5) is 4.79 Å². The average molecular weight is 261 g/mol. The third-order valence-electron chi connectivity index (χ3n) is 2.46. The molecule has 0 aliphatic carbocycles. The molecule has 3 heteroatoms. The number of ether oxygens (including phenoxy) is 1. The van der Waals surface area contributed by atoms with Gasteiger partial charge in [-0.15, -0.1) is 0 Å². The van der Waals surface area contributed by atoms with Crippen molar-refractivity contribution in [1.82, 2.24) is 5.32 Å². The Bertz CT molecular complexity index is 427. The van der Waals surface area contributed by atoms with Gasteiger partial charge in [0.2, 0.25) is 0 Å². The fourth-order valence-corrected chi connectivity index (χ4v) is 1.52. The lowest BCUT2D eigenvalue weighted by atomic mass is 10.1. The van der Waals surface area contributed by atoms with Gasteiger partial charge in [0.05, 0.1) is 0 Å². The third-order valence-corrected chi connectivity index (χ3v) is 2.46. The molecule has 0 saturated carbocycles. The van der Waals surface area contributed by atoms with Crippen molar-refractivity contribution < 1.29 is 9.53 Å². The van der Waals surface area contributed by atoms with Crippen molar-refractivity contribution in [3.8, 4) is 0 Å². The molecule has 1 aromatic carbocycles. The summed E-state index contributed by atoms with van der Waals surface area (Å²) >= 11 is 0. The number of hydrogen-bond donors (Lipinski definition) is 1. The summed E-state index contributed by atoms with van der Waals surface area (Å²) in [6, 6.07) is 8.37. The molecular weight excluding hydrogens is 238 g/mol. The number of nitrogens with one attached hydrogen (secondary N) is 1. The molecule has 1 aromatic rings. The van der Waals surface area contributed by atoms with Crippen LogP contribution in [0, 0.1) is 0 Å². The van der Waals surface area contributed by atoms with E-state index in [1.165, 1.54) is 5.56 Å². The zero-order valence-corrected chi connectivity index (χ0v) is 12.2. The molecule has 0 aliphatic heterocycles. The largest absolute Gasteiger partial charge is 0.444 e. The van der Waals surface area contributed by atoms with Crippen molar-refractivity contribution in [1.29, 1.82) is 0 Å². The van der Waals surface area contributed by atoms with Crippen molar-refractivity contribution in [3.63, 3.8) is 0 Å². The van der Waals surface area contributed by atoms with Crippen LogP contribution < -0.4 is 5.32 Å². The first kappa shape index (κ1) is 15.3. The van der Waals surface area contributed by atoms with Crippen molar-refractivity contribution in [3.05, 3.63) is 41.5 Å². The van der Waals surface area contributed by atoms with Gasteiger partial charge in [-0.05, 0) is 38.3 Å². The zero-order chi connectivity index (χ0) is 14.3. The number of carbonyl (C=O) groups is 1. The zero-order valence-electron chi connectivity index (χ0n) is 12.2. The van der Waals surface area contributed by atoms with E-state index < -0.39 is 11.7 Å². The Morgan fingerprint density at radius 3 is 2.42 bits per heavy atom. The molecule has 0 atom stereocenters. The van der Waals surface area contributed by atoms with Crippen LogP contribution in [0.5, 0.6) is 0 Å². The summed E-state index contributed by atoms with van der Waals surface area (Å²) in [4.78, 5) is 11.4. The molecule has 104 valence electrons. The number of alkyl carbamates (subject to hydrolysis) is 1. The minimum Gasteiger partial charge on any atom is -0.444 e. The van der Waals surface area contributed by atoms with Crippen molar-refractivity contribution in [2.75, 3.05) is 6.54 Å². The molecule has 0 saturated heterocycles. The van der Waals surface area contributed by atoms with Crippen LogP contribution >= 0.6 is 0 Å². The van der Waals surface area contributed by atoms with E-state index in [1.54, 1.807) is 0 Å². The maximum Gasteiger partial charge on any atom is 0.407 e. The highest BCUT2D eigenvalue weighted by Crippen LogP contribution is 2.07. The molecule has 0 bridgehead atoms. The molecule has 0 radical (unpaired) electrons. The first-order valence-corrected chi connectivity index (χ1v) is 6.63. The standard InChI is InChI=1S/C16H23NO2/c1-5-13-8-10-14(11-9-13)7-6-12-17-15(18)19-16(2,3)4/h6-11H,5,12H2,1-4H3,(H,17,18). The summed E-state index contributed by atoms with van der Waals surface area (Å²) in [5, 5.41) is 2.68. The summed E-state index contributed by atoms with van der Waals surface area (Å²) in [6.07, 6.45) is 4.55. The predicted octanol–water partition coefficient (Wildman–Crippen LogP) is 3.79. The van der Waals surface area contributed by atoms with Crippen LogP contribution in [0.15, 0.2) is 30.3 Å². The van der Waals surface area contributed by atoms with Gasteiger partial charge < -0.3 is 10.1 Å². The molecule has 1 rings (SSSR count). The van der Waals surface area contributed by atoms with Gasteiger partial charge in [-0.2, -0.15) is 0 Å². The van der Waals surface area contributed by atoms with Gasteiger partial charge in [-0.1, -0.05) is 43.3 Å². The summed E-state index contributed by atoms with van der Waals surface area (Å²) in [5.74, 6) is 0. The van der Waals surface area contributed by atoms with Crippen LogP contribution in [0.25, 0.3) is 6.08 Å². The van der Waals surface area contributed by atoms with Gasteiger partial charge in [0.1, 0.15) is 5.60 Å². The summed E-state index contributed by atoms with van der Waals surface area (Å²) in [6.45, 7) is 8.13. The van der Waals surface area contributed by atoms with Crippen LogP contribution in [0.1, 0.15) is 38.8 Å². The summed E-state index contributed by atoms with van der Waals surface area (Å²) in [7, 11) is 0. The van der Waals surface area contributed by atoms with E-state index in [2.05, 4.69) is 36.5 Å². The van der Waals surface area contributed by atoms with Gasteiger partial charge >= 0.3 is 6.09 Å². The third kappa shape index (κ3) is 6.65. The second-order valence-electron chi connectivity index (χ2n) is 5.38. The maximum atomic E-state index is 11.4. The van der Waals surface area contributed by atoms with E-state index in [4.69, 9.17) is 4.74 Å². The fraction of sp³-hybridized carbons (Fsp3) is 0.438. The number of carbonyl (C=O) groups excluding carboxylic acids is 1. The van der Waals surface area contributed by atoms with Crippen LogP contribution in [0.3, 0.4) is 0 Å². The molecule has 19 heavy (non-hydrogen) atoms. The Morgan fingerprint density at radius 2 is 1.89 bits per heavy atom. The average Bonchev–Trinajstić information content (AvgIpc) is 2.33. The highest BCUT2D eigenvalue weighted by molar-refractivity contribution is 5.68. The lowest BCUT2D eigenvalue weighted by Crippen LogP contribution is -2.32. The minimum absolute atomic E-state index is 0.390. The van der Waals surface area contributed by atoms with E-state index in [0.717, 1.165) is 12.0 Å². The van der Waals surface area contributed by atoms with Crippen molar-refractivity contribution >= 4 is 12.2 Å². The predicted molar refractivity (Wildman–Crippen MR) is 79.1 cm³/mol. The fourth-order valence-electron chi connectivity index (χ4n) is 1.52. The number of amides is 1. The monoisotopic (exact) mass is 261 g/mol. The first-order chi connectivity index (χ1) is 8.90. The topological polar surface area (TPSA) is 38.3 Å². The lowest BCUT2D eigenvalue weighted by molar-refractivity contribution is 0.0534. The van der Waals surface area contributed by atoms with Crippen molar-refractivity contribution in [2.24, 2.45) is 0 Å². The minimum atomic E-state index is -0.455.